The molecule has 0 fully saturated rings. The van der Waals surface area contributed by atoms with Crippen molar-refractivity contribution in [1.82, 2.24) is 4.98 Å². The lowest BCUT2D eigenvalue weighted by molar-refractivity contribution is -0.137. The van der Waals surface area contributed by atoms with E-state index in [9.17, 15) is 18.0 Å². The fraction of sp³-hybridized carbons (Fsp3) is 0.111. The van der Waals surface area contributed by atoms with E-state index in [1.807, 2.05) is 0 Å². The van der Waals surface area contributed by atoms with Crippen molar-refractivity contribution in [1.29, 1.82) is 0 Å². The molecule has 26 heavy (non-hydrogen) atoms. The molecule has 0 radical (unpaired) electrons. The van der Waals surface area contributed by atoms with Gasteiger partial charge in [-0.05, 0) is 30.3 Å². The summed E-state index contributed by atoms with van der Waals surface area (Å²) in [6.07, 6.45) is -4.42. The Hall–Kier alpha value is -2.87. The topological polar surface area (TPSA) is 51.2 Å². The summed E-state index contributed by atoms with van der Waals surface area (Å²) < 4.78 is 43.5. The van der Waals surface area contributed by atoms with Crippen molar-refractivity contribution in [2.75, 3.05) is 12.4 Å². The van der Waals surface area contributed by atoms with Crippen LogP contribution in [-0.4, -0.2) is 18.0 Å². The average Bonchev–Trinajstić information content (AvgIpc) is 3.09. The van der Waals surface area contributed by atoms with Crippen LogP contribution in [0.3, 0.4) is 0 Å². The Morgan fingerprint density at radius 1 is 1.15 bits per heavy atom. The summed E-state index contributed by atoms with van der Waals surface area (Å²) in [5.74, 6) is 0.162. The number of alkyl halides is 3. The molecule has 0 spiro atoms. The van der Waals surface area contributed by atoms with Crippen LogP contribution in [0.15, 0.2) is 53.9 Å². The maximum Gasteiger partial charge on any atom is 0.416 e. The summed E-state index contributed by atoms with van der Waals surface area (Å²) in [6.45, 7) is 0. The van der Waals surface area contributed by atoms with E-state index < -0.39 is 11.7 Å². The zero-order valence-corrected chi connectivity index (χ0v) is 14.3. The number of hydrogen-bond donors (Lipinski definition) is 1. The highest BCUT2D eigenvalue weighted by atomic mass is 32.1. The molecule has 3 aromatic rings. The number of nitrogens with one attached hydrogen (secondary N) is 1. The largest absolute Gasteiger partial charge is 0.497 e. The predicted octanol–water partition coefficient (Wildman–Crippen LogP) is 5.09. The highest BCUT2D eigenvalue weighted by Crippen LogP contribution is 2.33. The van der Waals surface area contributed by atoms with E-state index in [4.69, 9.17) is 4.74 Å². The molecular formula is C18H13F3N2O2S. The van der Waals surface area contributed by atoms with Crippen molar-refractivity contribution in [3.8, 4) is 17.0 Å². The molecule has 3 rings (SSSR count). The molecule has 0 aliphatic carbocycles. The minimum Gasteiger partial charge on any atom is -0.497 e. The summed E-state index contributed by atoms with van der Waals surface area (Å²) in [7, 11) is 1.50. The third-order valence-electron chi connectivity index (χ3n) is 3.54. The summed E-state index contributed by atoms with van der Waals surface area (Å²) >= 11 is 1.14. The normalized spacial score (nSPS) is 11.2. The summed E-state index contributed by atoms with van der Waals surface area (Å²) in [5.41, 5.74) is 0.338. The Labute approximate surface area is 151 Å². The molecule has 0 saturated carbocycles. The van der Waals surface area contributed by atoms with Crippen LogP contribution in [0.5, 0.6) is 5.75 Å². The number of amides is 1. The second kappa shape index (κ2) is 7.17. The average molecular weight is 378 g/mol. The molecule has 1 aromatic heterocycles. The number of carbonyl (C=O) groups excluding carboxylic acids is 1. The van der Waals surface area contributed by atoms with Gasteiger partial charge < -0.3 is 4.74 Å². The van der Waals surface area contributed by atoms with Gasteiger partial charge in [0.25, 0.3) is 5.91 Å². The monoisotopic (exact) mass is 378 g/mol. The lowest BCUT2D eigenvalue weighted by Crippen LogP contribution is -2.11. The third-order valence-corrected chi connectivity index (χ3v) is 4.30. The van der Waals surface area contributed by atoms with Gasteiger partial charge in [0, 0.05) is 16.5 Å². The van der Waals surface area contributed by atoms with Crippen molar-refractivity contribution >= 4 is 22.4 Å². The Morgan fingerprint density at radius 2 is 1.92 bits per heavy atom. The Kier molecular flexibility index (Phi) is 4.94. The smallest absolute Gasteiger partial charge is 0.416 e. The Bertz CT molecular complexity index is 938. The number of thiazole rings is 1. The molecule has 0 unspecified atom stereocenters. The third kappa shape index (κ3) is 4.02. The maximum absolute atomic E-state index is 12.8. The second-order valence-corrected chi connectivity index (χ2v) is 6.16. The molecule has 0 bridgehead atoms. The van der Waals surface area contributed by atoms with Gasteiger partial charge >= 0.3 is 6.18 Å². The lowest BCUT2D eigenvalue weighted by Gasteiger charge is -2.07. The van der Waals surface area contributed by atoms with Crippen molar-refractivity contribution in [3.05, 3.63) is 65.0 Å². The first-order valence-electron chi connectivity index (χ1n) is 7.45. The van der Waals surface area contributed by atoms with Gasteiger partial charge in [0.1, 0.15) is 5.75 Å². The van der Waals surface area contributed by atoms with Crippen LogP contribution in [0.25, 0.3) is 11.3 Å². The first-order chi connectivity index (χ1) is 12.4. The number of hydrogen-bond acceptors (Lipinski definition) is 4. The van der Waals surface area contributed by atoms with Gasteiger partial charge in [-0.25, -0.2) is 4.98 Å². The Balaban J connectivity index is 1.79. The molecule has 1 amide bonds. The van der Waals surface area contributed by atoms with Crippen molar-refractivity contribution in [2.45, 2.75) is 6.18 Å². The molecule has 0 saturated heterocycles. The summed E-state index contributed by atoms with van der Waals surface area (Å²) in [5, 5.41) is 4.53. The van der Waals surface area contributed by atoms with E-state index in [-0.39, 0.29) is 5.91 Å². The van der Waals surface area contributed by atoms with Gasteiger partial charge in [-0.1, -0.05) is 18.2 Å². The zero-order chi connectivity index (χ0) is 18.7. The minimum absolute atomic E-state index is 0.297. The van der Waals surface area contributed by atoms with Crippen molar-refractivity contribution in [2.24, 2.45) is 0 Å². The van der Waals surface area contributed by atoms with Crippen LogP contribution in [0.4, 0.5) is 18.3 Å². The van der Waals surface area contributed by atoms with E-state index in [0.29, 0.717) is 27.7 Å². The molecular weight excluding hydrogens is 365 g/mol. The summed E-state index contributed by atoms with van der Waals surface area (Å²) in [4.78, 5) is 16.5. The highest BCUT2D eigenvalue weighted by Gasteiger charge is 2.30. The van der Waals surface area contributed by atoms with E-state index >= 15 is 0 Å². The SMILES string of the molecule is COc1cccc(C(=O)Nc2nc(-c3cccc(C(F)(F)F)c3)cs2)c1. The molecule has 0 atom stereocenters. The van der Waals surface area contributed by atoms with E-state index in [2.05, 4.69) is 10.3 Å². The van der Waals surface area contributed by atoms with E-state index in [0.717, 1.165) is 23.5 Å². The van der Waals surface area contributed by atoms with Gasteiger partial charge in [0.15, 0.2) is 5.13 Å². The van der Waals surface area contributed by atoms with Gasteiger partial charge in [0.2, 0.25) is 0 Å². The van der Waals surface area contributed by atoms with E-state index in [1.165, 1.54) is 19.2 Å². The maximum atomic E-state index is 12.8. The second-order valence-electron chi connectivity index (χ2n) is 5.30. The quantitative estimate of drug-likeness (QED) is 0.688. The number of anilines is 1. The first kappa shape index (κ1) is 17.9. The van der Waals surface area contributed by atoms with Gasteiger partial charge in [-0.2, -0.15) is 13.2 Å². The minimum atomic E-state index is -4.42. The van der Waals surface area contributed by atoms with Crippen LogP contribution in [0.1, 0.15) is 15.9 Å². The highest BCUT2D eigenvalue weighted by molar-refractivity contribution is 7.14. The van der Waals surface area contributed by atoms with Crippen LogP contribution in [0.2, 0.25) is 0 Å². The molecule has 4 nitrogen and oxygen atoms in total. The zero-order valence-electron chi connectivity index (χ0n) is 13.5. The van der Waals surface area contributed by atoms with Crippen molar-refractivity contribution < 1.29 is 22.7 Å². The Morgan fingerprint density at radius 3 is 2.65 bits per heavy atom. The number of methoxy groups -OCH3 is 1. The molecule has 134 valence electrons. The predicted molar refractivity (Wildman–Crippen MR) is 93.5 cm³/mol. The first-order valence-corrected chi connectivity index (χ1v) is 8.33. The number of nitrogens with zero attached hydrogens (tertiary/aromatic N) is 1. The lowest BCUT2D eigenvalue weighted by atomic mass is 10.1. The molecule has 0 aliphatic heterocycles. The molecule has 0 aliphatic rings. The summed E-state index contributed by atoms with van der Waals surface area (Å²) in [6, 6.07) is 11.5. The molecule has 2 aromatic carbocycles. The number of benzene rings is 2. The molecule has 1 heterocycles. The van der Waals surface area contributed by atoms with Gasteiger partial charge in [-0.15, -0.1) is 11.3 Å². The van der Waals surface area contributed by atoms with E-state index in [1.54, 1.807) is 29.6 Å². The number of halogens is 3. The van der Waals surface area contributed by atoms with Crippen LogP contribution < -0.4 is 10.1 Å². The van der Waals surface area contributed by atoms with Gasteiger partial charge in [-0.3, -0.25) is 10.1 Å². The van der Waals surface area contributed by atoms with Crippen LogP contribution >= 0.6 is 11.3 Å². The fourth-order valence-corrected chi connectivity index (χ4v) is 2.97. The fourth-order valence-electron chi connectivity index (χ4n) is 2.25. The molecule has 1 N–H and O–H groups in total. The van der Waals surface area contributed by atoms with Crippen LogP contribution in [0, 0.1) is 0 Å². The number of carbonyl (C=O) groups is 1. The van der Waals surface area contributed by atoms with Crippen LogP contribution in [-0.2, 0) is 6.18 Å². The number of rotatable bonds is 4. The van der Waals surface area contributed by atoms with Crippen molar-refractivity contribution in [3.63, 3.8) is 0 Å². The van der Waals surface area contributed by atoms with Gasteiger partial charge in [0.05, 0.1) is 18.4 Å². The standard InChI is InChI=1S/C18H13F3N2O2S/c1-25-14-7-3-5-12(9-14)16(24)23-17-22-15(10-26-17)11-4-2-6-13(8-11)18(19,20)21/h2-10H,1H3,(H,22,23,24). The number of ether oxygens (including phenoxy) is 1. The number of aromatic nitrogens is 1. The molecule has 8 heteroatoms.